The topological polar surface area (TPSA) is 0 Å². The average molecular weight is 229 g/mol. The van der Waals surface area contributed by atoms with Crippen LogP contribution in [0.4, 0.5) is 0 Å². The number of benzene rings is 1. The Hall–Kier alpha value is -0.140. The lowest BCUT2D eigenvalue weighted by atomic mass is 10.2. The minimum atomic E-state index is 0.226. The van der Waals surface area contributed by atoms with E-state index >= 15 is 0 Å². The summed E-state index contributed by atoms with van der Waals surface area (Å²) in [5, 5.41) is 0. The lowest BCUT2D eigenvalue weighted by molar-refractivity contribution is 0.694. The van der Waals surface area contributed by atoms with E-state index in [1.165, 1.54) is 24.2 Å². The molecule has 1 rings (SSSR count). The van der Waals surface area contributed by atoms with Gasteiger partial charge in [-0.1, -0.05) is 44.4 Å². The van der Waals surface area contributed by atoms with Crippen molar-refractivity contribution in [2.24, 2.45) is 0 Å². The molecular weight excluding hydrogens is 212 g/mol. The molecule has 1 atom stereocenters. The third-order valence-corrected chi connectivity index (χ3v) is 3.56. The van der Waals surface area contributed by atoms with Gasteiger partial charge in [-0.05, 0) is 18.6 Å². The van der Waals surface area contributed by atoms with E-state index in [9.17, 15) is 0 Å². The SMILES string of the molecule is CCCCCC(Cl)Sc1ccccc1. The molecule has 0 saturated carbocycles. The Balaban J connectivity index is 2.23. The highest BCUT2D eigenvalue weighted by atomic mass is 35.5. The Labute approximate surface area is 96.0 Å². The molecule has 0 spiro atoms. The molecule has 0 N–H and O–H groups in total. The monoisotopic (exact) mass is 228 g/mol. The van der Waals surface area contributed by atoms with Crippen molar-refractivity contribution in [3.05, 3.63) is 30.3 Å². The first kappa shape index (κ1) is 11.9. The van der Waals surface area contributed by atoms with Gasteiger partial charge < -0.3 is 0 Å². The molecule has 1 unspecified atom stereocenters. The maximum Gasteiger partial charge on any atom is 0.0835 e. The van der Waals surface area contributed by atoms with E-state index in [4.69, 9.17) is 11.6 Å². The van der Waals surface area contributed by atoms with Crippen LogP contribution < -0.4 is 0 Å². The third-order valence-electron chi connectivity index (χ3n) is 2.04. The molecule has 1 aromatic carbocycles. The van der Waals surface area contributed by atoms with Crippen LogP contribution in [0, 0.1) is 0 Å². The normalized spacial score (nSPS) is 12.7. The second-order valence-electron chi connectivity index (χ2n) is 3.34. The zero-order chi connectivity index (χ0) is 10.2. The molecule has 1 aromatic rings. The predicted molar refractivity (Wildman–Crippen MR) is 66.1 cm³/mol. The van der Waals surface area contributed by atoms with Gasteiger partial charge in [0, 0.05) is 4.90 Å². The largest absolute Gasteiger partial charge is 0.111 e. The highest BCUT2D eigenvalue weighted by Gasteiger charge is 2.05. The zero-order valence-electron chi connectivity index (χ0n) is 8.58. The van der Waals surface area contributed by atoms with Crippen molar-refractivity contribution in [2.45, 2.75) is 42.2 Å². The molecule has 0 radical (unpaired) electrons. The van der Waals surface area contributed by atoms with Gasteiger partial charge >= 0.3 is 0 Å². The molecule has 78 valence electrons. The Morgan fingerprint density at radius 2 is 1.93 bits per heavy atom. The number of thioether (sulfide) groups is 1. The predicted octanol–water partition coefficient (Wildman–Crippen LogP) is 4.92. The fourth-order valence-electron chi connectivity index (χ4n) is 1.26. The van der Waals surface area contributed by atoms with Crippen LogP contribution in [0.2, 0.25) is 0 Å². The van der Waals surface area contributed by atoms with E-state index in [1.54, 1.807) is 11.8 Å². The van der Waals surface area contributed by atoms with Crippen LogP contribution in [0.15, 0.2) is 35.2 Å². The molecule has 0 aromatic heterocycles. The van der Waals surface area contributed by atoms with Crippen molar-refractivity contribution in [1.82, 2.24) is 0 Å². The quantitative estimate of drug-likeness (QED) is 0.378. The minimum Gasteiger partial charge on any atom is -0.111 e. The first-order chi connectivity index (χ1) is 6.83. The fourth-order valence-corrected chi connectivity index (χ4v) is 2.62. The molecule has 0 aliphatic carbocycles. The van der Waals surface area contributed by atoms with Crippen molar-refractivity contribution in [2.75, 3.05) is 0 Å². The highest BCUT2D eigenvalue weighted by Crippen LogP contribution is 2.28. The maximum absolute atomic E-state index is 6.21. The highest BCUT2D eigenvalue weighted by molar-refractivity contribution is 8.01. The molecule has 0 fully saturated rings. The van der Waals surface area contributed by atoms with Gasteiger partial charge in [0.05, 0.1) is 4.71 Å². The molecule has 0 heterocycles. The van der Waals surface area contributed by atoms with Crippen LogP contribution in [-0.4, -0.2) is 4.71 Å². The van der Waals surface area contributed by atoms with Gasteiger partial charge in [0.15, 0.2) is 0 Å². The van der Waals surface area contributed by atoms with Crippen molar-refractivity contribution < 1.29 is 0 Å². The Kier molecular flexibility index (Phi) is 6.13. The van der Waals surface area contributed by atoms with E-state index in [2.05, 4.69) is 31.2 Å². The van der Waals surface area contributed by atoms with Crippen molar-refractivity contribution in [3.8, 4) is 0 Å². The number of unbranched alkanes of at least 4 members (excludes halogenated alkanes) is 2. The van der Waals surface area contributed by atoms with Gasteiger partial charge in [-0.2, -0.15) is 0 Å². The van der Waals surface area contributed by atoms with E-state index in [1.807, 2.05) is 6.07 Å². The van der Waals surface area contributed by atoms with E-state index in [-0.39, 0.29) is 4.71 Å². The summed E-state index contributed by atoms with van der Waals surface area (Å²) in [6, 6.07) is 10.4. The molecular formula is C12H17ClS. The molecule has 0 nitrogen and oxygen atoms in total. The van der Waals surface area contributed by atoms with Crippen LogP contribution in [0.5, 0.6) is 0 Å². The molecule has 0 aliphatic rings. The summed E-state index contributed by atoms with van der Waals surface area (Å²) < 4.78 is 0.226. The Morgan fingerprint density at radius 3 is 2.57 bits per heavy atom. The lowest BCUT2D eigenvalue weighted by Crippen LogP contribution is -1.91. The number of alkyl halides is 1. The number of rotatable bonds is 6. The molecule has 14 heavy (non-hydrogen) atoms. The van der Waals surface area contributed by atoms with Gasteiger partial charge in [-0.3, -0.25) is 0 Å². The van der Waals surface area contributed by atoms with Crippen LogP contribution >= 0.6 is 23.4 Å². The second-order valence-corrected chi connectivity index (χ2v) is 5.40. The van der Waals surface area contributed by atoms with Gasteiger partial charge in [0.1, 0.15) is 0 Å². The summed E-state index contributed by atoms with van der Waals surface area (Å²) >= 11 is 7.97. The van der Waals surface area contributed by atoms with Crippen LogP contribution in [0.1, 0.15) is 32.6 Å². The smallest absolute Gasteiger partial charge is 0.0835 e. The first-order valence-electron chi connectivity index (χ1n) is 5.18. The van der Waals surface area contributed by atoms with E-state index < -0.39 is 0 Å². The van der Waals surface area contributed by atoms with Crippen LogP contribution in [0.25, 0.3) is 0 Å². The molecule has 0 amide bonds. The van der Waals surface area contributed by atoms with E-state index in [0.717, 1.165) is 6.42 Å². The standard InChI is InChI=1S/C12H17ClS/c1-2-3-5-10-12(13)14-11-8-6-4-7-9-11/h4,6-9,12H,2-3,5,10H2,1H3. The Bertz CT molecular complexity index is 235. The van der Waals surface area contributed by atoms with Crippen LogP contribution in [0.3, 0.4) is 0 Å². The fraction of sp³-hybridized carbons (Fsp3) is 0.500. The van der Waals surface area contributed by atoms with E-state index in [0.29, 0.717) is 0 Å². The van der Waals surface area contributed by atoms with Crippen molar-refractivity contribution >= 4 is 23.4 Å². The van der Waals surface area contributed by atoms with Gasteiger partial charge in [0.2, 0.25) is 0 Å². The summed E-state index contributed by atoms with van der Waals surface area (Å²) in [5.41, 5.74) is 0. The maximum atomic E-state index is 6.21. The number of hydrogen-bond acceptors (Lipinski definition) is 1. The second kappa shape index (κ2) is 7.19. The summed E-state index contributed by atoms with van der Waals surface area (Å²) in [6.07, 6.45) is 4.90. The lowest BCUT2D eigenvalue weighted by Gasteiger charge is -2.08. The summed E-state index contributed by atoms with van der Waals surface area (Å²) in [5.74, 6) is 0. The first-order valence-corrected chi connectivity index (χ1v) is 6.50. The van der Waals surface area contributed by atoms with Gasteiger partial charge in [-0.25, -0.2) is 0 Å². The molecule has 0 saturated heterocycles. The van der Waals surface area contributed by atoms with Gasteiger partial charge in [-0.15, -0.1) is 23.4 Å². The zero-order valence-corrected chi connectivity index (χ0v) is 10.2. The third kappa shape index (κ3) is 4.92. The molecule has 0 bridgehead atoms. The van der Waals surface area contributed by atoms with Crippen molar-refractivity contribution in [1.29, 1.82) is 0 Å². The summed E-state index contributed by atoms with van der Waals surface area (Å²) in [7, 11) is 0. The Morgan fingerprint density at radius 1 is 1.21 bits per heavy atom. The van der Waals surface area contributed by atoms with Crippen molar-refractivity contribution in [3.63, 3.8) is 0 Å². The van der Waals surface area contributed by atoms with Crippen LogP contribution in [-0.2, 0) is 0 Å². The number of halogens is 1. The molecule has 2 heteroatoms. The van der Waals surface area contributed by atoms with Gasteiger partial charge in [0.25, 0.3) is 0 Å². The number of hydrogen-bond donors (Lipinski definition) is 0. The summed E-state index contributed by atoms with van der Waals surface area (Å²) in [4.78, 5) is 1.27. The summed E-state index contributed by atoms with van der Waals surface area (Å²) in [6.45, 7) is 2.22. The minimum absolute atomic E-state index is 0.226. The molecule has 0 aliphatic heterocycles. The average Bonchev–Trinajstić information content (AvgIpc) is 2.20.